The predicted molar refractivity (Wildman–Crippen MR) is 113 cm³/mol. The van der Waals surface area contributed by atoms with Crippen molar-refractivity contribution in [2.45, 2.75) is 44.7 Å². The first kappa shape index (κ1) is 23.2. The molecular weight excluding hydrogens is 453 g/mol. The summed E-state index contributed by atoms with van der Waals surface area (Å²) >= 11 is 0. The fourth-order valence-electron chi connectivity index (χ4n) is 4.30. The lowest BCUT2D eigenvalue weighted by atomic mass is 9.93. The van der Waals surface area contributed by atoms with E-state index in [1.165, 1.54) is 6.07 Å². The second-order valence-electron chi connectivity index (χ2n) is 8.03. The fourth-order valence-corrected chi connectivity index (χ4v) is 4.30. The molecule has 0 bridgehead atoms. The van der Waals surface area contributed by atoms with Crippen molar-refractivity contribution >= 4 is 22.8 Å². The van der Waals surface area contributed by atoms with Crippen LogP contribution in [-0.2, 0) is 22.7 Å². The molecule has 10 heteroatoms. The molecule has 1 N–H and O–H groups in total. The Labute approximate surface area is 191 Å². The molecule has 1 atom stereocenters. The number of alkyl halides is 3. The number of aromatic nitrogens is 1. The Kier molecular flexibility index (Phi) is 6.20. The van der Waals surface area contributed by atoms with E-state index in [2.05, 4.69) is 9.30 Å². The minimum atomic E-state index is -4.92. The number of carboxylic acids is 1. The Morgan fingerprint density at radius 3 is 2.68 bits per heavy atom. The third kappa shape index (κ3) is 5.14. The number of carboxylic acid groups (broad SMARTS) is 1. The van der Waals surface area contributed by atoms with Crippen LogP contribution in [0.1, 0.15) is 52.4 Å². The first-order valence-corrected chi connectivity index (χ1v) is 10.4. The second kappa shape index (κ2) is 9.09. The lowest BCUT2D eigenvalue weighted by molar-refractivity contribution is -0.274. The molecule has 1 aromatic heterocycles. The van der Waals surface area contributed by atoms with Gasteiger partial charge in [-0.1, -0.05) is 0 Å². The number of halogens is 3. The highest BCUT2D eigenvalue weighted by atomic mass is 19.4. The molecule has 0 fully saturated rings. The summed E-state index contributed by atoms with van der Waals surface area (Å²) in [5.74, 6) is -2.23. The van der Waals surface area contributed by atoms with Crippen molar-refractivity contribution < 1.29 is 37.3 Å². The van der Waals surface area contributed by atoms with Crippen LogP contribution in [0.4, 0.5) is 13.2 Å². The third-order valence-corrected chi connectivity index (χ3v) is 5.64. The van der Waals surface area contributed by atoms with Gasteiger partial charge in [0.2, 0.25) is 0 Å². The van der Waals surface area contributed by atoms with Crippen LogP contribution in [0, 0.1) is 11.3 Å². The zero-order chi connectivity index (χ0) is 24.5. The van der Waals surface area contributed by atoms with Gasteiger partial charge in [0, 0.05) is 29.1 Å². The van der Waals surface area contributed by atoms with Crippen LogP contribution >= 0.6 is 0 Å². The van der Waals surface area contributed by atoms with Gasteiger partial charge in [-0.15, -0.1) is 13.2 Å². The molecule has 0 aliphatic carbocycles. The Hall–Kier alpha value is -4.00. The molecule has 0 saturated carbocycles. The molecule has 0 saturated heterocycles. The van der Waals surface area contributed by atoms with Crippen molar-refractivity contribution in [1.29, 1.82) is 5.26 Å². The number of ether oxygens (including phenoxy) is 2. The van der Waals surface area contributed by atoms with E-state index in [-0.39, 0.29) is 35.6 Å². The van der Waals surface area contributed by atoms with E-state index in [4.69, 9.17) is 10.00 Å². The summed E-state index contributed by atoms with van der Waals surface area (Å²) in [7, 11) is 0. The van der Waals surface area contributed by atoms with E-state index in [0.717, 1.165) is 48.1 Å². The van der Waals surface area contributed by atoms with Crippen molar-refractivity contribution in [1.82, 2.24) is 4.57 Å². The van der Waals surface area contributed by atoms with Crippen molar-refractivity contribution in [2.24, 2.45) is 0 Å². The molecule has 176 valence electrons. The standard InChI is InChI=1S/C24H19F3N2O5/c25-24(26,27)34-19-7-14(12-28)6-15(8-19)13-33-23(32)17-3-4-20-18(9-17)10-21-16(11-22(30)31)2-1-5-29(20)21/h3-4,6-10,16H,1-2,5,11,13H2,(H,30,31)/t16-/m1/s1. The molecule has 0 radical (unpaired) electrons. The summed E-state index contributed by atoms with van der Waals surface area (Å²) < 4.78 is 48.8. The zero-order valence-electron chi connectivity index (χ0n) is 17.8. The summed E-state index contributed by atoms with van der Waals surface area (Å²) in [6, 6.07) is 11.9. The number of hydrogen-bond acceptors (Lipinski definition) is 5. The van der Waals surface area contributed by atoms with Gasteiger partial charge in [-0.3, -0.25) is 4.79 Å². The SMILES string of the molecule is N#Cc1cc(COC(=O)c2ccc3c(c2)cc2n3CCC[C@@H]2CC(=O)O)cc(OC(F)(F)F)c1. The molecule has 0 amide bonds. The van der Waals surface area contributed by atoms with E-state index >= 15 is 0 Å². The monoisotopic (exact) mass is 472 g/mol. The first-order chi connectivity index (χ1) is 16.1. The largest absolute Gasteiger partial charge is 0.573 e. The molecule has 0 unspecified atom stereocenters. The molecule has 1 aliphatic heterocycles. The molecule has 2 aromatic carbocycles. The summed E-state index contributed by atoms with van der Waals surface area (Å²) in [6.45, 7) is 0.407. The van der Waals surface area contributed by atoms with Gasteiger partial charge < -0.3 is 19.1 Å². The molecule has 34 heavy (non-hydrogen) atoms. The summed E-state index contributed by atoms with van der Waals surface area (Å²) in [4.78, 5) is 23.8. The zero-order valence-corrected chi connectivity index (χ0v) is 17.8. The second-order valence-corrected chi connectivity index (χ2v) is 8.03. The molecule has 0 spiro atoms. The third-order valence-electron chi connectivity index (χ3n) is 5.64. The molecule has 3 aromatic rings. The number of carbonyl (C=O) groups excluding carboxylic acids is 1. The van der Waals surface area contributed by atoms with Gasteiger partial charge >= 0.3 is 18.3 Å². The van der Waals surface area contributed by atoms with Crippen LogP contribution in [-0.4, -0.2) is 28.0 Å². The lowest BCUT2D eigenvalue weighted by Crippen LogP contribution is -2.17. The summed E-state index contributed by atoms with van der Waals surface area (Å²) in [6.07, 6.45) is -3.25. The van der Waals surface area contributed by atoms with E-state index in [1.807, 2.05) is 6.07 Å². The number of hydrogen-bond donors (Lipinski definition) is 1. The van der Waals surface area contributed by atoms with Gasteiger partial charge in [0.1, 0.15) is 12.4 Å². The number of fused-ring (bicyclic) bond motifs is 3. The van der Waals surface area contributed by atoms with Crippen molar-refractivity contribution in [3.8, 4) is 11.8 Å². The molecule has 4 rings (SSSR count). The van der Waals surface area contributed by atoms with E-state index in [1.54, 1.807) is 24.3 Å². The minimum Gasteiger partial charge on any atom is -0.481 e. The van der Waals surface area contributed by atoms with Gasteiger partial charge in [-0.05, 0) is 60.9 Å². The molecule has 7 nitrogen and oxygen atoms in total. The van der Waals surface area contributed by atoms with Gasteiger partial charge in [0.25, 0.3) is 0 Å². The highest BCUT2D eigenvalue weighted by Gasteiger charge is 2.31. The smallest absolute Gasteiger partial charge is 0.481 e. The van der Waals surface area contributed by atoms with Crippen LogP contribution in [0.2, 0.25) is 0 Å². The van der Waals surface area contributed by atoms with Crippen LogP contribution in [0.15, 0.2) is 42.5 Å². The van der Waals surface area contributed by atoms with Crippen molar-refractivity contribution in [3.63, 3.8) is 0 Å². The quantitative estimate of drug-likeness (QED) is 0.500. The topological polar surface area (TPSA) is 102 Å². The Balaban J connectivity index is 1.52. The maximum absolute atomic E-state index is 12.6. The first-order valence-electron chi connectivity index (χ1n) is 10.4. The number of nitriles is 1. The van der Waals surface area contributed by atoms with Crippen LogP contribution in [0.3, 0.4) is 0 Å². The molecular formula is C24H19F3N2O5. The molecule has 1 aliphatic rings. The van der Waals surface area contributed by atoms with Gasteiger partial charge in [0.05, 0.1) is 23.6 Å². The van der Waals surface area contributed by atoms with E-state index in [9.17, 15) is 27.9 Å². The van der Waals surface area contributed by atoms with Crippen molar-refractivity contribution in [3.05, 3.63) is 64.8 Å². The normalized spacial score (nSPS) is 15.4. The van der Waals surface area contributed by atoms with Crippen LogP contribution in [0.25, 0.3) is 10.9 Å². The average Bonchev–Trinajstić information content (AvgIpc) is 3.14. The van der Waals surface area contributed by atoms with Crippen LogP contribution in [0.5, 0.6) is 5.75 Å². The van der Waals surface area contributed by atoms with E-state index < -0.39 is 24.1 Å². The maximum Gasteiger partial charge on any atom is 0.573 e. The van der Waals surface area contributed by atoms with Gasteiger partial charge in [-0.2, -0.15) is 5.26 Å². The number of aryl methyl sites for hydroxylation is 1. The highest BCUT2D eigenvalue weighted by molar-refractivity contribution is 5.95. The Bertz CT molecular complexity index is 1310. The maximum atomic E-state index is 12.6. The Morgan fingerprint density at radius 1 is 1.18 bits per heavy atom. The fraction of sp³-hybridized carbons (Fsp3) is 0.292. The number of nitrogens with zero attached hydrogens (tertiary/aromatic N) is 2. The number of esters is 1. The number of benzene rings is 2. The lowest BCUT2D eigenvalue weighted by Gasteiger charge is -2.24. The van der Waals surface area contributed by atoms with Gasteiger partial charge in [-0.25, -0.2) is 4.79 Å². The predicted octanol–water partition coefficient (Wildman–Crippen LogP) is 5.12. The minimum absolute atomic E-state index is 0.0347. The highest BCUT2D eigenvalue weighted by Crippen LogP contribution is 2.35. The average molecular weight is 472 g/mol. The Morgan fingerprint density at radius 2 is 1.97 bits per heavy atom. The summed E-state index contributed by atoms with van der Waals surface area (Å²) in [5, 5.41) is 19.0. The van der Waals surface area contributed by atoms with Crippen LogP contribution < -0.4 is 4.74 Å². The number of carbonyl (C=O) groups is 2. The number of aliphatic carboxylic acids is 1. The number of rotatable bonds is 6. The van der Waals surface area contributed by atoms with Gasteiger partial charge in [0.15, 0.2) is 0 Å². The van der Waals surface area contributed by atoms with E-state index in [0.29, 0.717) is 0 Å². The molecule has 2 heterocycles. The summed E-state index contributed by atoms with van der Waals surface area (Å²) in [5.41, 5.74) is 2.15. The van der Waals surface area contributed by atoms with Crippen molar-refractivity contribution in [2.75, 3.05) is 0 Å².